The average molecular weight is 204 g/mol. The lowest BCUT2D eigenvalue weighted by molar-refractivity contribution is 0.412. The smallest absolute Gasteiger partial charge is 0.273 e. The molecule has 0 aromatic rings. The third-order valence-electron chi connectivity index (χ3n) is 0.562. The molecule has 0 saturated carbocycles. The van der Waals surface area contributed by atoms with Gasteiger partial charge in [0.15, 0.2) is 0 Å². The monoisotopic (exact) mass is 203 g/mol. The van der Waals surface area contributed by atoms with E-state index in [1.54, 1.807) is 0 Å². The van der Waals surface area contributed by atoms with Gasteiger partial charge in [0, 0.05) is 7.05 Å². The molecule has 0 aliphatic rings. The van der Waals surface area contributed by atoms with Crippen LogP contribution in [-0.4, -0.2) is 29.8 Å². The van der Waals surface area contributed by atoms with Crippen molar-refractivity contribution in [1.82, 2.24) is 4.31 Å². The third kappa shape index (κ3) is 2.61. The highest BCUT2D eigenvalue weighted by molar-refractivity contribution is 9.09. The summed E-state index contributed by atoms with van der Waals surface area (Å²) in [6.07, 6.45) is 0. The number of hydrogen-bond acceptors (Lipinski definition) is 2. The molecule has 6 heteroatoms. The van der Waals surface area contributed by atoms with Crippen LogP contribution in [0.2, 0.25) is 0 Å². The zero-order valence-electron chi connectivity index (χ0n) is 4.20. The predicted octanol–water partition coefficient (Wildman–Crippen LogP) is 0.0734. The molecule has 0 rings (SSSR count). The van der Waals surface area contributed by atoms with Gasteiger partial charge in [0.25, 0.3) is 0 Å². The lowest BCUT2D eigenvalue weighted by Crippen LogP contribution is -2.23. The first kappa shape index (κ1) is 8.35. The Balaban J connectivity index is 4.04. The second-order valence-electron chi connectivity index (χ2n) is 1.20. The zero-order chi connectivity index (χ0) is 6.78. The summed E-state index contributed by atoms with van der Waals surface area (Å²) < 4.78 is 28.9. The molecule has 0 amide bonds. The second kappa shape index (κ2) is 2.77. The minimum Gasteiger partial charge on any atom is -0.273 e. The fourth-order valence-corrected chi connectivity index (χ4v) is 0.961. The Morgan fingerprint density at radius 3 is 2.12 bits per heavy atom. The van der Waals surface area contributed by atoms with Crippen molar-refractivity contribution in [2.45, 2.75) is 0 Å². The van der Waals surface area contributed by atoms with Crippen LogP contribution in [0.25, 0.3) is 0 Å². The van der Waals surface area contributed by atoms with Crippen molar-refractivity contribution in [2.75, 3.05) is 12.5 Å². The summed E-state index contributed by atoms with van der Waals surface area (Å²) in [5, 5.41) is 0. The van der Waals surface area contributed by atoms with E-state index in [0.717, 1.165) is 4.31 Å². The fraction of sp³-hybridized carbons (Fsp3) is 1.00. The van der Waals surface area contributed by atoms with Crippen LogP contribution < -0.4 is 0 Å². The second-order valence-corrected chi connectivity index (χ2v) is 3.22. The molecule has 0 radical (unpaired) electrons. The SMILES string of the molecule is CN(CBr)S(=O)(=O)O. The first-order valence-corrected chi connectivity index (χ1v) is 4.25. The van der Waals surface area contributed by atoms with Gasteiger partial charge in [0.05, 0.1) is 5.45 Å². The quantitative estimate of drug-likeness (QED) is 0.393. The Hall–Kier alpha value is 0.350. The molecule has 0 aliphatic heterocycles. The van der Waals surface area contributed by atoms with Crippen molar-refractivity contribution in [3.8, 4) is 0 Å². The van der Waals surface area contributed by atoms with Gasteiger partial charge < -0.3 is 0 Å². The van der Waals surface area contributed by atoms with Crippen LogP contribution >= 0.6 is 15.9 Å². The molecule has 0 aromatic carbocycles. The molecule has 0 saturated heterocycles. The summed E-state index contributed by atoms with van der Waals surface area (Å²) in [6, 6.07) is 0. The Morgan fingerprint density at radius 1 is 1.75 bits per heavy atom. The zero-order valence-corrected chi connectivity index (χ0v) is 6.61. The van der Waals surface area contributed by atoms with E-state index in [0.29, 0.717) is 0 Å². The first-order valence-electron chi connectivity index (χ1n) is 1.73. The molecule has 0 bridgehead atoms. The number of nitrogens with zero attached hydrogens (tertiary/aromatic N) is 1. The Kier molecular flexibility index (Phi) is 2.89. The lowest BCUT2D eigenvalue weighted by Gasteiger charge is -2.05. The van der Waals surface area contributed by atoms with Crippen molar-refractivity contribution in [1.29, 1.82) is 0 Å². The van der Waals surface area contributed by atoms with E-state index in [9.17, 15) is 8.42 Å². The van der Waals surface area contributed by atoms with Gasteiger partial charge in [-0.2, -0.15) is 12.7 Å². The highest BCUT2D eigenvalue weighted by Crippen LogP contribution is 1.94. The molecule has 0 fully saturated rings. The minimum absolute atomic E-state index is 0.103. The summed E-state index contributed by atoms with van der Waals surface area (Å²) in [6.45, 7) is 0. The maximum atomic E-state index is 10.0. The van der Waals surface area contributed by atoms with Crippen LogP contribution in [0.5, 0.6) is 0 Å². The van der Waals surface area contributed by atoms with E-state index in [4.69, 9.17) is 4.55 Å². The number of halogens is 1. The molecule has 0 atom stereocenters. The van der Waals surface area contributed by atoms with E-state index in [-0.39, 0.29) is 5.45 Å². The number of rotatable bonds is 2. The van der Waals surface area contributed by atoms with Gasteiger partial charge >= 0.3 is 10.3 Å². The molecule has 0 heterocycles. The lowest BCUT2D eigenvalue weighted by atomic mass is 11.3. The number of alkyl halides is 1. The van der Waals surface area contributed by atoms with Gasteiger partial charge in [-0.1, -0.05) is 15.9 Å². The molecule has 0 aliphatic carbocycles. The molecule has 0 unspecified atom stereocenters. The van der Waals surface area contributed by atoms with Crippen molar-refractivity contribution in [3.63, 3.8) is 0 Å². The molecule has 1 N–H and O–H groups in total. The maximum Gasteiger partial charge on any atom is 0.336 e. The molecule has 50 valence electrons. The van der Waals surface area contributed by atoms with Crippen LogP contribution in [0, 0.1) is 0 Å². The molecular weight excluding hydrogens is 198 g/mol. The first-order chi connectivity index (χ1) is 3.48. The van der Waals surface area contributed by atoms with Crippen molar-refractivity contribution in [3.05, 3.63) is 0 Å². The Bertz CT molecular complexity index is 153. The van der Waals surface area contributed by atoms with Gasteiger partial charge in [0.1, 0.15) is 0 Å². The van der Waals surface area contributed by atoms with Crippen molar-refractivity contribution in [2.24, 2.45) is 0 Å². The van der Waals surface area contributed by atoms with Crippen molar-refractivity contribution < 1.29 is 13.0 Å². The van der Waals surface area contributed by atoms with Gasteiger partial charge in [-0.3, -0.25) is 4.55 Å². The van der Waals surface area contributed by atoms with E-state index < -0.39 is 10.3 Å². The van der Waals surface area contributed by atoms with E-state index in [2.05, 4.69) is 15.9 Å². The minimum atomic E-state index is -3.97. The summed E-state index contributed by atoms with van der Waals surface area (Å²) in [5.74, 6) is 0. The normalized spacial score (nSPS) is 12.5. The van der Waals surface area contributed by atoms with Crippen LogP contribution in [-0.2, 0) is 10.3 Å². The Morgan fingerprint density at radius 2 is 2.12 bits per heavy atom. The Labute approximate surface area is 56.5 Å². The summed E-state index contributed by atoms with van der Waals surface area (Å²) in [7, 11) is -2.71. The standard InChI is InChI=1S/C2H6BrNO3S/c1-4(2-3)8(5,6)7/h2H2,1H3,(H,5,6,7). The topological polar surface area (TPSA) is 57.6 Å². The van der Waals surface area contributed by atoms with E-state index in [1.165, 1.54) is 7.05 Å². The maximum absolute atomic E-state index is 10.0. The van der Waals surface area contributed by atoms with Crippen LogP contribution in [0.1, 0.15) is 0 Å². The van der Waals surface area contributed by atoms with Crippen LogP contribution in [0.3, 0.4) is 0 Å². The van der Waals surface area contributed by atoms with Gasteiger partial charge in [0.2, 0.25) is 0 Å². The molecule has 8 heavy (non-hydrogen) atoms. The molecule has 4 nitrogen and oxygen atoms in total. The van der Waals surface area contributed by atoms with Gasteiger partial charge in [-0.15, -0.1) is 0 Å². The van der Waals surface area contributed by atoms with Gasteiger partial charge in [-0.05, 0) is 0 Å². The molecular formula is C2H6BrNO3S. The molecule has 0 aromatic heterocycles. The largest absolute Gasteiger partial charge is 0.336 e. The highest BCUT2D eigenvalue weighted by Gasteiger charge is 2.09. The number of hydrogen-bond donors (Lipinski definition) is 1. The van der Waals surface area contributed by atoms with Crippen LogP contribution in [0.4, 0.5) is 0 Å². The molecule has 0 spiro atoms. The predicted molar refractivity (Wildman–Crippen MR) is 33.1 cm³/mol. The summed E-state index contributed by atoms with van der Waals surface area (Å²) in [5.41, 5.74) is 0.103. The van der Waals surface area contributed by atoms with Crippen molar-refractivity contribution >= 4 is 26.2 Å². The summed E-state index contributed by atoms with van der Waals surface area (Å²) in [4.78, 5) is 0. The summed E-state index contributed by atoms with van der Waals surface area (Å²) >= 11 is 2.84. The third-order valence-corrected chi connectivity index (χ3v) is 2.56. The highest BCUT2D eigenvalue weighted by atomic mass is 79.9. The average Bonchev–Trinajstić information content (AvgIpc) is 1.62. The van der Waals surface area contributed by atoms with Crippen LogP contribution in [0.15, 0.2) is 0 Å². The van der Waals surface area contributed by atoms with E-state index >= 15 is 0 Å². The fourth-order valence-electron chi connectivity index (χ4n) is 0.0617. The van der Waals surface area contributed by atoms with Gasteiger partial charge in [-0.25, -0.2) is 0 Å². The van der Waals surface area contributed by atoms with E-state index in [1.807, 2.05) is 0 Å².